The van der Waals surface area contributed by atoms with Crippen molar-refractivity contribution >= 4 is 11.7 Å². The van der Waals surface area contributed by atoms with E-state index in [2.05, 4.69) is 46.7 Å². The third kappa shape index (κ3) is 9.14. The highest BCUT2D eigenvalue weighted by molar-refractivity contribution is 5.89. The summed E-state index contributed by atoms with van der Waals surface area (Å²) < 4.78 is 19.3. The molecule has 2 heterocycles. The Hall–Kier alpha value is -5.03. The predicted octanol–water partition coefficient (Wildman–Crippen LogP) is 8.21. The third-order valence-electron chi connectivity index (χ3n) is 10.2. The smallest absolute Gasteiger partial charge is 0.319 e. The Morgan fingerprint density at radius 2 is 1.53 bits per heavy atom. The number of amides is 2. The number of urea groups is 1. The van der Waals surface area contributed by atoms with Gasteiger partial charge in [-0.3, -0.25) is 4.90 Å². The molecule has 2 aliphatic heterocycles. The topological polar surface area (TPSA) is 113 Å². The summed E-state index contributed by atoms with van der Waals surface area (Å²) in [6.07, 6.45) is 1.13. The van der Waals surface area contributed by atoms with E-state index >= 15 is 0 Å². The summed E-state index contributed by atoms with van der Waals surface area (Å²) in [5.74, 6) is 1.49. The van der Waals surface area contributed by atoms with Gasteiger partial charge in [0.1, 0.15) is 11.5 Å². The van der Waals surface area contributed by atoms with Gasteiger partial charge in [0, 0.05) is 36.3 Å². The van der Waals surface area contributed by atoms with Gasteiger partial charge in [0.15, 0.2) is 6.29 Å². The Balaban J connectivity index is 1.02. The summed E-state index contributed by atoms with van der Waals surface area (Å²) >= 11 is 0. The first-order valence-corrected chi connectivity index (χ1v) is 18.4. The first-order chi connectivity index (χ1) is 25.9. The summed E-state index contributed by atoms with van der Waals surface area (Å²) in [7, 11) is 0. The van der Waals surface area contributed by atoms with Crippen LogP contribution in [0.3, 0.4) is 0 Å². The van der Waals surface area contributed by atoms with Crippen LogP contribution in [0.1, 0.15) is 54.4 Å². The third-order valence-corrected chi connectivity index (χ3v) is 10.2. The lowest BCUT2D eigenvalue weighted by Gasteiger charge is -2.43. The fraction of sp³-hybridized carbons (Fsp3) is 0.295. The molecule has 2 fully saturated rings. The standard InChI is InChI=1S/C44H47N3O6/c1-30-41(27-47-23-7-12-38(47)29-49)52-43(53-42(30)33-17-15-31(28-48)16-18-33)36-11-6-10-35(25-36)34-9-5-8-32(24-34)26-45-44(50)46-37-19-21-40(22-20-37)51-39-13-3-2-4-14-39/h2-6,8-11,13-22,24-25,30,38,41-43,48-49H,7,12,23,26-29H2,1H3,(H2,45,46,50)/t30-,38-,41+,42+,43+/m0/s1. The molecule has 5 aromatic rings. The summed E-state index contributed by atoms with van der Waals surface area (Å²) in [5.41, 5.74) is 6.47. The van der Waals surface area contributed by atoms with E-state index in [9.17, 15) is 15.0 Å². The van der Waals surface area contributed by atoms with Crippen molar-refractivity contribution in [1.82, 2.24) is 10.2 Å². The van der Waals surface area contributed by atoms with Crippen LogP contribution in [0.15, 0.2) is 127 Å². The number of anilines is 1. The van der Waals surface area contributed by atoms with Crippen LogP contribution in [-0.4, -0.2) is 53.0 Å². The SMILES string of the molecule is C[C@H]1[C@@H](CN2CCC[C@H]2CO)O[C@@H](c2cccc(-c3cccc(CNC(=O)Nc4ccc(Oc5ccccc5)cc4)c3)c2)O[C@H]1c1ccc(CO)cc1. The highest BCUT2D eigenvalue weighted by atomic mass is 16.7. The molecule has 5 aromatic carbocycles. The molecule has 0 saturated carbocycles. The monoisotopic (exact) mass is 713 g/mol. The maximum Gasteiger partial charge on any atom is 0.319 e. The zero-order valence-electron chi connectivity index (χ0n) is 29.9. The molecule has 53 heavy (non-hydrogen) atoms. The van der Waals surface area contributed by atoms with Gasteiger partial charge in [-0.25, -0.2) is 4.79 Å². The molecular weight excluding hydrogens is 666 g/mol. The lowest BCUT2D eigenvalue weighted by Crippen LogP contribution is -2.46. The van der Waals surface area contributed by atoms with Crippen LogP contribution < -0.4 is 15.4 Å². The summed E-state index contributed by atoms with van der Waals surface area (Å²) in [6, 6.07) is 41.0. The molecule has 2 amide bonds. The van der Waals surface area contributed by atoms with E-state index in [1.54, 1.807) is 12.1 Å². The van der Waals surface area contributed by atoms with Crippen LogP contribution in [0.4, 0.5) is 10.5 Å². The molecule has 274 valence electrons. The molecule has 0 spiro atoms. The Bertz CT molecular complexity index is 1940. The average molecular weight is 714 g/mol. The molecular formula is C44H47N3O6. The largest absolute Gasteiger partial charge is 0.457 e. The van der Waals surface area contributed by atoms with Crippen LogP contribution in [-0.2, 0) is 22.6 Å². The zero-order valence-corrected chi connectivity index (χ0v) is 29.9. The van der Waals surface area contributed by atoms with Crippen molar-refractivity contribution in [2.75, 3.05) is 25.0 Å². The van der Waals surface area contributed by atoms with Crippen molar-refractivity contribution in [3.05, 3.63) is 150 Å². The molecule has 0 bridgehead atoms. The molecule has 5 atom stereocenters. The van der Waals surface area contributed by atoms with Crippen molar-refractivity contribution in [3.8, 4) is 22.6 Å². The summed E-state index contributed by atoms with van der Waals surface area (Å²) in [4.78, 5) is 15.1. The second-order valence-corrected chi connectivity index (χ2v) is 13.9. The number of nitrogens with zero attached hydrogens (tertiary/aromatic N) is 1. The number of aliphatic hydroxyl groups excluding tert-OH is 2. The van der Waals surface area contributed by atoms with E-state index in [1.165, 1.54) is 0 Å². The number of likely N-dealkylation sites (tertiary alicyclic amines) is 1. The molecule has 9 heteroatoms. The number of para-hydroxylation sites is 1. The fourth-order valence-electron chi connectivity index (χ4n) is 7.22. The van der Waals surface area contributed by atoms with Gasteiger partial charge < -0.3 is 35.1 Å². The van der Waals surface area contributed by atoms with Crippen LogP contribution >= 0.6 is 0 Å². The summed E-state index contributed by atoms with van der Waals surface area (Å²) in [6.45, 7) is 4.32. The van der Waals surface area contributed by atoms with Gasteiger partial charge in [0.25, 0.3) is 0 Å². The molecule has 0 unspecified atom stereocenters. The first-order valence-electron chi connectivity index (χ1n) is 18.4. The molecule has 7 rings (SSSR count). The van der Waals surface area contributed by atoms with E-state index in [4.69, 9.17) is 14.2 Å². The van der Waals surface area contributed by atoms with Crippen molar-refractivity contribution in [3.63, 3.8) is 0 Å². The minimum Gasteiger partial charge on any atom is -0.457 e. The highest BCUT2D eigenvalue weighted by Gasteiger charge is 2.40. The minimum atomic E-state index is -0.596. The van der Waals surface area contributed by atoms with Crippen molar-refractivity contribution in [1.29, 1.82) is 0 Å². The van der Waals surface area contributed by atoms with Gasteiger partial charge in [0.2, 0.25) is 0 Å². The van der Waals surface area contributed by atoms with E-state index in [0.717, 1.165) is 58.5 Å². The molecule has 2 saturated heterocycles. The zero-order chi connectivity index (χ0) is 36.6. The fourth-order valence-corrected chi connectivity index (χ4v) is 7.22. The number of nitrogens with one attached hydrogen (secondary N) is 2. The van der Waals surface area contributed by atoms with Crippen molar-refractivity contribution in [2.45, 2.75) is 57.5 Å². The number of carbonyl (C=O) groups excluding carboxylic acids is 1. The first kappa shape index (κ1) is 36.3. The van der Waals surface area contributed by atoms with Crippen LogP contribution in [0, 0.1) is 5.92 Å². The number of carbonyl (C=O) groups is 1. The molecule has 9 nitrogen and oxygen atoms in total. The van der Waals surface area contributed by atoms with Gasteiger partial charge in [-0.1, -0.05) is 85.8 Å². The highest BCUT2D eigenvalue weighted by Crippen LogP contribution is 2.43. The lowest BCUT2D eigenvalue weighted by molar-refractivity contribution is -0.276. The second kappa shape index (κ2) is 17.2. The Morgan fingerprint density at radius 3 is 2.28 bits per heavy atom. The van der Waals surface area contributed by atoms with Gasteiger partial charge in [-0.15, -0.1) is 0 Å². The van der Waals surface area contributed by atoms with Gasteiger partial charge >= 0.3 is 6.03 Å². The molecule has 4 N–H and O–H groups in total. The predicted molar refractivity (Wildman–Crippen MR) is 205 cm³/mol. The molecule has 0 radical (unpaired) electrons. The van der Waals surface area contributed by atoms with Crippen molar-refractivity contribution < 1.29 is 29.2 Å². The van der Waals surface area contributed by atoms with Crippen LogP contribution in [0.2, 0.25) is 0 Å². The lowest BCUT2D eigenvalue weighted by atomic mass is 9.89. The number of hydrogen-bond donors (Lipinski definition) is 4. The second-order valence-electron chi connectivity index (χ2n) is 13.9. The number of benzene rings is 5. The Morgan fingerprint density at radius 1 is 0.792 bits per heavy atom. The van der Waals surface area contributed by atoms with Crippen LogP contribution in [0.25, 0.3) is 11.1 Å². The average Bonchev–Trinajstić information content (AvgIpc) is 3.66. The van der Waals surface area contributed by atoms with Crippen molar-refractivity contribution in [2.24, 2.45) is 5.92 Å². The van der Waals surface area contributed by atoms with E-state index in [0.29, 0.717) is 24.5 Å². The molecule has 0 aromatic heterocycles. The quantitative estimate of drug-likeness (QED) is 0.103. The maximum absolute atomic E-state index is 12.8. The Labute approximate surface area is 311 Å². The van der Waals surface area contributed by atoms with E-state index in [1.807, 2.05) is 91.0 Å². The van der Waals surface area contributed by atoms with Gasteiger partial charge in [-0.2, -0.15) is 0 Å². The molecule has 0 aliphatic carbocycles. The van der Waals surface area contributed by atoms with Crippen LogP contribution in [0.5, 0.6) is 11.5 Å². The summed E-state index contributed by atoms with van der Waals surface area (Å²) in [5, 5.41) is 25.5. The van der Waals surface area contributed by atoms with E-state index < -0.39 is 6.29 Å². The van der Waals surface area contributed by atoms with Gasteiger partial charge in [0.05, 0.1) is 25.4 Å². The minimum absolute atomic E-state index is 0.00897. The maximum atomic E-state index is 12.8. The molecule has 2 aliphatic rings. The number of aliphatic hydroxyl groups is 2. The van der Waals surface area contributed by atoms with E-state index in [-0.39, 0.29) is 43.4 Å². The number of rotatable bonds is 12. The Kier molecular flexibility index (Phi) is 11.8. The number of hydrogen-bond acceptors (Lipinski definition) is 7. The number of ether oxygens (including phenoxy) is 3. The van der Waals surface area contributed by atoms with Gasteiger partial charge in [-0.05, 0) is 95.7 Å². The normalized spacial score (nSPS) is 21.6.